The van der Waals surface area contributed by atoms with Crippen LogP contribution >= 0.6 is 11.3 Å². The number of aliphatic hydroxyl groups excluding tert-OH is 1. The van der Waals surface area contributed by atoms with E-state index in [2.05, 4.69) is 16.8 Å². The SMILES string of the molecule is O=C1COCC(=O)N1c1ncc(C#CCCO)s1. The van der Waals surface area contributed by atoms with Crippen LogP contribution in [0.2, 0.25) is 0 Å². The highest BCUT2D eigenvalue weighted by Gasteiger charge is 2.30. The van der Waals surface area contributed by atoms with Crippen LogP contribution in [0, 0.1) is 11.8 Å². The Balaban J connectivity index is 2.16. The number of ether oxygens (including phenoxy) is 1. The number of aliphatic hydroxyl groups is 1. The Bertz CT molecular complexity index is 513. The van der Waals surface area contributed by atoms with Gasteiger partial charge in [-0.05, 0) is 0 Å². The lowest BCUT2D eigenvalue weighted by Gasteiger charge is -2.21. The van der Waals surface area contributed by atoms with Crippen molar-refractivity contribution in [1.82, 2.24) is 4.98 Å². The fourth-order valence-electron chi connectivity index (χ4n) is 1.34. The zero-order chi connectivity index (χ0) is 13.0. The number of amides is 2. The zero-order valence-electron chi connectivity index (χ0n) is 9.38. The quantitative estimate of drug-likeness (QED) is 0.590. The number of hydrogen-bond donors (Lipinski definition) is 1. The third-order valence-electron chi connectivity index (χ3n) is 2.08. The van der Waals surface area contributed by atoms with E-state index in [1.165, 1.54) is 6.20 Å². The van der Waals surface area contributed by atoms with E-state index < -0.39 is 11.8 Å². The van der Waals surface area contributed by atoms with Gasteiger partial charge in [-0.15, -0.1) is 0 Å². The minimum atomic E-state index is -0.421. The summed E-state index contributed by atoms with van der Waals surface area (Å²) in [5.41, 5.74) is 0. The van der Waals surface area contributed by atoms with Gasteiger partial charge < -0.3 is 9.84 Å². The largest absolute Gasteiger partial charge is 0.395 e. The van der Waals surface area contributed by atoms with Gasteiger partial charge in [0, 0.05) is 6.42 Å². The Kier molecular flexibility index (Phi) is 4.04. The van der Waals surface area contributed by atoms with Crippen LogP contribution in [0.5, 0.6) is 0 Å². The lowest BCUT2D eigenvalue weighted by Crippen LogP contribution is -2.46. The zero-order valence-corrected chi connectivity index (χ0v) is 10.2. The molecule has 94 valence electrons. The van der Waals surface area contributed by atoms with Gasteiger partial charge in [-0.2, -0.15) is 0 Å². The van der Waals surface area contributed by atoms with Crippen molar-refractivity contribution in [3.63, 3.8) is 0 Å². The van der Waals surface area contributed by atoms with Gasteiger partial charge in [0.15, 0.2) is 5.13 Å². The van der Waals surface area contributed by atoms with Crippen LogP contribution in [0.15, 0.2) is 6.20 Å². The number of morpholine rings is 1. The van der Waals surface area contributed by atoms with Crippen molar-refractivity contribution in [2.45, 2.75) is 6.42 Å². The molecule has 2 amide bonds. The first-order chi connectivity index (χ1) is 8.72. The molecule has 1 aliphatic rings. The van der Waals surface area contributed by atoms with Crippen LogP contribution in [0.25, 0.3) is 0 Å². The van der Waals surface area contributed by atoms with Crippen LogP contribution in [-0.4, -0.2) is 41.7 Å². The summed E-state index contributed by atoms with van der Waals surface area (Å²) in [5, 5.41) is 8.90. The molecule has 0 aromatic carbocycles. The van der Waals surface area contributed by atoms with Gasteiger partial charge in [0.1, 0.15) is 13.2 Å². The van der Waals surface area contributed by atoms with E-state index in [0.29, 0.717) is 16.4 Å². The van der Waals surface area contributed by atoms with E-state index in [9.17, 15) is 9.59 Å². The normalized spacial score (nSPS) is 15.5. The number of imide groups is 1. The van der Waals surface area contributed by atoms with Crippen LogP contribution < -0.4 is 4.90 Å². The maximum atomic E-state index is 11.6. The molecule has 0 radical (unpaired) electrons. The first kappa shape index (κ1) is 12.7. The molecule has 1 saturated heterocycles. The summed E-state index contributed by atoms with van der Waals surface area (Å²) in [5.74, 6) is 4.71. The Morgan fingerprint density at radius 3 is 2.83 bits per heavy atom. The maximum absolute atomic E-state index is 11.6. The average molecular weight is 266 g/mol. The van der Waals surface area contributed by atoms with Crippen molar-refractivity contribution in [3.8, 4) is 11.8 Å². The van der Waals surface area contributed by atoms with E-state index in [1.807, 2.05) is 0 Å². The van der Waals surface area contributed by atoms with Gasteiger partial charge in [0.25, 0.3) is 11.8 Å². The molecular weight excluding hydrogens is 256 g/mol. The van der Waals surface area contributed by atoms with Gasteiger partial charge in [-0.25, -0.2) is 9.88 Å². The summed E-state index contributed by atoms with van der Waals surface area (Å²) in [6.45, 7) is -0.229. The summed E-state index contributed by atoms with van der Waals surface area (Å²) >= 11 is 1.16. The predicted molar refractivity (Wildman–Crippen MR) is 64.0 cm³/mol. The van der Waals surface area contributed by atoms with Crippen molar-refractivity contribution < 1.29 is 19.4 Å². The van der Waals surface area contributed by atoms with Crippen LogP contribution in [0.3, 0.4) is 0 Å². The van der Waals surface area contributed by atoms with Crippen molar-refractivity contribution in [1.29, 1.82) is 0 Å². The molecule has 6 nitrogen and oxygen atoms in total. The van der Waals surface area contributed by atoms with Gasteiger partial charge in [0.05, 0.1) is 17.7 Å². The molecule has 0 saturated carbocycles. The molecule has 2 rings (SSSR count). The number of hydrogen-bond acceptors (Lipinski definition) is 6. The van der Waals surface area contributed by atoms with Gasteiger partial charge in [-0.3, -0.25) is 9.59 Å². The number of anilines is 1. The first-order valence-corrected chi connectivity index (χ1v) is 6.03. The summed E-state index contributed by atoms with van der Waals surface area (Å²) in [4.78, 5) is 28.8. The lowest BCUT2D eigenvalue weighted by atomic mass is 10.4. The smallest absolute Gasteiger partial charge is 0.261 e. The molecule has 0 spiro atoms. The highest BCUT2D eigenvalue weighted by molar-refractivity contribution is 7.16. The summed E-state index contributed by atoms with van der Waals surface area (Å²) in [7, 11) is 0. The minimum absolute atomic E-state index is 0.000896. The molecule has 1 aliphatic heterocycles. The third-order valence-corrected chi connectivity index (χ3v) is 2.98. The minimum Gasteiger partial charge on any atom is -0.395 e. The van der Waals surface area contributed by atoms with E-state index in [0.717, 1.165) is 16.2 Å². The Morgan fingerprint density at radius 1 is 1.44 bits per heavy atom. The Morgan fingerprint density at radius 2 is 2.17 bits per heavy atom. The van der Waals surface area contributed by atoms with Gasteiger partial charge in [-0.1, -0.05) is 23.2 Å². The molecular formula is C11H10N2O4S. The lowest BCUT2D eigenvalue weighted by molar-refractivity contribution is -0.138. The second kappa shape index (κ2) is 5.73. The van der Waals surface area contributed by atoms with Gasteiger partial charge >= 0.3 is 0 Å². The Labute approximate surface area is 107 Å². The number of carbonyl (C=O) groups excluding carboxylic acids is 2. The molecule has 7 heteroatoms. The van der Waals surface area contributed by atoms with Crippen LogP contribution in [0.1, 0.15) is 11.3 Å². The van der Waals surface area contributed by atoms with Crippen molar-refractivity contribution >= 4 is 28.3 Å². The first-order valence-electron chi connectivity index (χ1n) is 5.21. The number of thiazole rings is 1. The summed E-state index contributed by atoms with van der Waals surface area (Å²) in [6, 6.07) is 0. The number of carbonyl (C=O) groups is 2. The summed E-state index contributed by atoms with van der Waals surface area (Å²) < 4.78 is 4.81. The second-order valence-corrected chi connectivity index (χ2v) is 4.41. The molecule has 0 atom stereocenters. The monoisotopic (exact) mass is 266 g/mol. The van der Waals surface area contributed by atoms with E-state index in [4.69, 9.17) is 9.84 Å². The van der Waals surface area contributed by atoms with Crippen molar-refractivity contribution in [2.75, 3.05) is 24.7 Å². The summed E-state index contributed by atoms with van der Waals surface area (Å²) in [6.07, 6.45) is 1.88. The highest BCUT2D eigenvalue weighted by Crippen LogP contribution is 2.23. The van der Waals surface area contributed by atoms with Crippen molar-refractivity contribution in [3.05, 3.63) is 11.1 Å². The molecule has 0 bridgehead atoms. The molecule has 0 aliphatic carbocycles. The highest BCUT2D eigenvalue weighted by atomic mass is 32.1. The second-order valence-electron chi connectivity index (χ2n) is 3.40. The fraction of sp³-hybridized carbons (Fsp3) is 0.364. The molecule has 2 heterocycles. The number of nitrogens with zero attached hydrogens (tertiary/aromatic N) is 2. The van der Waals surface area contributed by atoms with Crippen molar-refractivity contribution in [2.24, 2.45) is 0 Å². The molecule has 1 aromatic heterocycles. The van der Waals surface area contributed by atoms with E-state index >= 15 is 0 Å². The topological polar surface area (TPSA) is 79.7 Å². The third kappa shape index (κ3) is 2.73. The maximum Gasteiger partial charge on any atom is 0.261 e. The van der Waals surface area contributed by atoms with Crippen LogP contribution in [-0.2, 0) is 14.3 Å². The Hall–Kier alpha value is -1.75. The van der Waals surface area contributed by atoms with E-state index in [-0.39, 0.29) is 19.8 Å². The molecule has 1 N–H and O–H groups in total. The molecule has 1 aromatic rings. The number of rotatable bonds is 2. The average Bonchev–Trinajstić information content (AvgIpc) is 2.78. The predicted octanol–water partition coefficient (Wildman–Crippen LogP) is -0.233. The molecule has 0 unspecified atom stereocenters. The molecule has 18 heavy (non-hydrogen) atoms. The standard InChI is InChI=1S/C11H10N2O4S/c14-4-2-1-3-8-5-12-11(18-8)13-9(15)6-17-7-10(13)16/h5,14H,2,4,6-7H2. The molecule has 1 fully saturated rings. The van der Waals surface area contributed by atoms with Gasteiger partial charge in [0.2, 0.25) is 0 Å². The fourth-order valence-corrected chi connectivity index (χ4v) is 2.16. The van der Waals surface area contributed by atoms with Crippen LogP contribution in [0.4, 0.5) is 5.13 Å². The van der Waals surface area contributed by atoms with E-state index in [1.54, 1.807) is 0 Å². The number of aromatic nitrogens is 1.